The fourth-order valence-electron chi connectivity index (χ4n) is 2.77. The van der Waals surface area contributed by atoms with Gasteiger partial charge in [-0.3, -0.25) is 0 Å². The largest absolute Gasteiger partial charge is 0.497 e. The van der Waals surface area contributed by atoms with Crippen molar-refractivity contribution in [1.82, 2.24) is 9.97 Å². The lowest BCUT2D eigenvalue weighted by Crippen LogP contribution is -2.30. The molecule has 26 heavy (non-hydrogen) atoms. The number of nitrogens with one attached hydrogen (secondary N) is 2. The van der Waals surface area contributed by atoms with Crippen molar-refractivity contribution in [2.45, 2.75) is 45.2 Å². The fourth-order valence-corrected chi connectivity index (χ4v) is 2.77. The molecule has 0 amide bonds. The van der Waals surface area contributed by atoms with E-state index in [1.54, 1.807) is 7.11 Å². The first kappa shape index (κ1) is 18.5. The number of rotatable bonds is 9. The van der Waals surface area contributed by atoms with Crippen LogP contribution >= 0.6 is 0 Å². The second kappa shape index (κ2) is 8.36. The predicted molar refractivity (Wildman–Crippen MR) is 104 cm³/mol. The second-order valence-corrected chi connectivity index (χ2v) is 7.16. The molecular weight excluding hydrogens is 328 g/mol. The maximum atomic E-state index is 9.57. The third-order valence-electron chi connectivity index (χ3n) is 4.67. The minimum Gasteiger partial charge on any atom is -0.497 e. The number of hydrogen-bond acceptors (Lipinski definition) is 6. The molecule has 1 aliphatic carbocycles. The summed E-state index contributed by atoms with van der Waals surface area (Å²) in [6, 6.07) is 9.95. The second-order valence-electron chi connectivity index (χ2n) is 7.16. The van der Waals surface area contributed by atoms with Gasteiger partial charge in [0.25, 0.3) is 0 Å². The first-order valence-electron chi connectivity index (χ1n) is 9.22. The predicted octanol–water partition coefficient (Wildman–Crippen LogP) is 3.40. The van der Waals surface area contributed by atoms with E-state index in [9.17, 15) is 5.11 Å². The number of aromatic nitrogens is 2. The van der Waals surface area contributed by atoms with Crippen LogP contribution < -0.4 is 15.4 Å². The van der Waals surface area contributed by atoms with Gasteiger partial charge in [-0.2, -0.15) is 4.98 Å². The smallest absolute Gasteiger partial charge is 0.225 e. The zero-order valence-electron chi connectivity index (χ0n) is 15.7. The molecule has 3 rings (SSSR count). The molecule has 0 aliphatic heterocycles. The highest BCUT2D eigenvalue weighted by atomic mass is 16.5. The fraction of sp³-hybridized carbons (Fsp3) is 0.500. The van der Waals surface area contributed by atoms with Crippen LogP contribution in [-0.2, 0) is 6.54 Å². The van der Waals surface area contributed by atoms with Gasteiger partial charge in [0.2, 0.25) is 5.95 Å². The van der Waals surface area contributed by atoms with Crippen LogP contribution in [-0.4, -0.2) is 34.8 Å². The van der Waals surface area contributed by atoms with Crippen molar-refractivity contribution in [2.75, 3.05) is 24.4 Å². The van der Waals surface area contributed by atoms with Crippen molar-refractivity contribution >= 4 is 11.8 Å². The molecule has 140 valence electrons. The van der Waals surface area contributed by atoms with Crippen molar-refractivity contribution in [3.8, 4) is 5.75 Å². The summed E-state index contributed by atoms with van der Waals surface area (Å²) >= 11 is 0. The molecule has 1 atom stereocenters. The standard InChI is InChI=1S/C20H28N4O2/c1-13(2)18(12-25)23-20-22-17(15-7-8-15)10-19(24-20)21-11-14-5-4-6-16(9-14)26-3/h4-6,9-10,13,15,18,25H,7-8,11-12H2,1-3H3,(H2,21,22,23,24)/t18-/m0/s1. The van der Waals surface area contributed by atoms with E-state index in [1.165, 1.54) is 12.8 Å². The van der Waals surface area contributed by atoms with Crippen LogP contribution in [0.15, 0.2) is 30.3 Å². The van der Waals surface area contributed by atoms with Gasteiger partial charge in [0, 0.05) is 18.5 Å². The molecule has 1 aromatic heterocycles. The Hall–Kier alpha value is -2.34. The van der Waals surface area contributed by atoms with Gasteiger partial charge >= 0.3 is 0 Å². The van der Waals surface area contributed by atoms with Crippen LogP contribution in [0.3, 0.4) is 0 Å². The molecule has 3 N–H and O–H groups in total. The zero-order valence-corrected chi connectivity index (χ0v) is 15.7. The summed E-state index contributed by atoms with van der Waals surface area (Å²) in [5.74, 6) is 3.04. The van der Waals surface area contributed by atoms with Crippen LogP contribution in [0.2, 0.25) is 0 Å². The van der Waals surface area contributed by atoms with Crippen molar-refractivity contribution in [3.63, 3.8) is 0 Å². The van der Waals surface area contributed by atoms with Gasteiger partial charge in [-0.15, -0.1) is 0 Å². The zero-order chi connectivity index (χ0) is 18.5. The van der Waals surface area contributed by atoms with Gasteiger partial charge in [0.05, 0.1) is 25.5 Å². The topological polar surface area (TPSA) is 79.3 Å². The lowest BCUT2D eigenvalue weighted by atomic mass is 10.1. The SMILES string of the molecule is COc1cccc(CNc2cc(C3CC3)nc(N[C@@H](CO)C(C)C)n2)c1. The Balaban J connectivity index is 1.75. The average molecular weight is 356 g/mol. The minimum atomic E-state index is -0.0595. The summed E-state index contributed by atoms with van der Waals surface area (Å²) in [6.07, 6.45) is 2.36. The number of anilines is 2. The van der Waals surface area contributed by atoms with Gasteiger partial charge in [0.1, 0.15) is 11.6 Å². The maximum Gasteiger partial charge on any atom is 0.225 e. The molecule has 6 heteroatoms. The summed E-state index contributed by atoms with van der Waals surface area (Å²) in [5.41, 5.74) is 2.19. The summed E-state index contributed by atoms with van der Waals surface area (Å²) < 4.78 is 5.28. The molecule has 1 heterocycles. The van der Waals surface area contributed by atoms with Gasteiger partial charge in [-0.05, 0) is 36.5 Å². The van der Waals surface area contributed by atoms with E-state index in [2.05, 4.69) is 40.5 Å². The number of nitrogens with zero attached hydrogens (tertiary/aromatic N) is 2. The maximum absolute atomic E-state index is 9.57. The highest BCUT2D eigenvalue weighted by Crippen LogP contribution is 2.40. The number of ether oxygens (including phenoxy) is 1. The molecule has 0 bridgehead atoms. The Morgan fingerprint density at radius 3 is 2.69 bits per heavy atom. The summed E-state index contributed by atoms with van der Waals surface area (Å²) in [7, 11) is 1.67. The quantitative estimate of drug-likeness (QED) is 0.639. The van der Waals surface area contributed by atoms with E-state index in [0.717, 1.165) is 22.8 Å². The van der Waals surface area contributed by atoms with Crippen LogP contribution in [0.1, 0.15) is 43.9 Å². The van der Waals surface area contributed by atoms with Crippen LogP contribution in [0.5, 0.6) is 5.75 Å². The highest BCUT2D eigenvalue weighted by molar-refractivity contribution is 5.45. The van der Waals surface area contributed by atoms with Crippen LogP contribution in [0, 0.1) is 5.92 Å². The van der Waals surface area contributed by atoms with E-state index in [-0.39, 0.29) is 12.6 Å². The van der Waals surface area contributed by atoms with Crippen molar-refractivity contribution in [3.05, 3.63) is 41.6 Å². The molecule has 0 unspecified atom stereocenters. The molecule has 0 radical (unpaired) electrons. The molecule has 1 saturated carbocycles. The Labute approximate surface area is 155 Å². The van der Waals surface area contributed by atoms with E-state index < -0.39 is 0 Å². The van der Waals surface area contributed by atoms with E-state index in [4.69, 9.17) is 4.74 Å². The third kappa shape index (κ3) is 4.85. The highest BCUT2D eigenvalue weighted by Gasteiger charge is 2.26. The molecule has 0 spiro atoms. The van der Waals surface area contributed by atoms with Gasteiger partial charge in [-0.1, -0.05) is 26.0 Å². The van der Waals surface area contributed by atoms with Gasteiger partial charge in [0.15, 0.2) is 0 Å². The third-order valence-corrected chi connectivity index (χ3v) is 4.67. The first-order valence-corrected chi connectivity index (χ1v) is 9.22. The number of hydrogen-bond donors (Lipinski definition) is 3. The van der Waals surface area contributed by atoms with Crippen LogP contribution in [0.4, 0.5) is 11.8 Å². The van der Waals surface area contributed by atoms with Crippen molar-refractivity contribution in [2.24, 2.45) is 5.92 Å². The molecule has 1 fully saturated rings. The molecule has 1 aromatic carbocycles. The summed E-state index contributed by atoms with van der Waals surface area (Å²) in [4.78, 5) is 9.25. The Morgan fingerprint density at radius 2 is 2.04 bits per heavy atom. The van der Waals surface area contributed by atoms with Crippen molar-refractivity contribution < 1.29 is 9.84 Å². The average Bonchev–Trinajstić information content (AvgIpc) is 3.49. The molecule has 1 aliphatic rings. The number of aliphatic hydroxyl groups excluding tert-OH is 1. The van der Waals surface area contributed by atoms with Gasteiger partial charge in [-0.25, -0.2) is 4.98 Å². The van der Waals surface area contributed by atoms with E-state index in [1.807, 2.05) is 24.3 Å². The van der Waals surface area contributed by atoms with E-state index in [0.29, 0.717) is 24.3 Å². The minimum absolute atomic E-state index is 0.0568. The number of benzene rings is 1. The first-order chi connectivity index (χ1) is 12.6. The van der Waals surface area contributed by atoms with Crippen molar-refractivity contribution in [1.29, 1.82) is 0 Å². The lowest BCUT2D eigenvalue weighted by Gasteiger charge is -2.20. The number of aliphatic hydroxyl groups is 1. The summed E-state index contributed by atoms with van der Waals surface area (Å²) in [6.45, 7) is 4.85. The monoisotopic (exact) mass is 356 g/mol. The lowest BCUT2D eigenvalue weighted by molar-refractivity contribution is 0.248. The van der Waals surface area contributed by atoms with E-state index >= 15 is 0 Å². The molecule has 0 saturated heterocycles. The Kier molecular flexibility index (Phi) is 5.93. The Bertz CT molecular complexity index is 732. The summed E-state index contributed by atoms with van der Waals surface area (Å²) in [5, 5.41) is 16.2. The van der Waals surface area contributed by atoms with Gasteiger partial charge < -0.3 is 20.5 Å². The van der Waals surface area contributed by atoms with Crippen LogP contribution in [0.25, 0.3) is 0 Å². The molecular formula is C20H28N4O2. The normalized spacial score (nSPS) is 15.0. The molecule has 6 nitrogen and oxygen atoms in total. The number of methoxy groups -OCH3 is 1. The molecule has 2 aromatic rings. The Morgan fingerprint density at radius 1 is 1.23 bits per heavy atom.